The number of nitrogens with zero attached hydrogens (tertiary/aromatic N) is 1. The van der Waals surface area contributed by atoms with Crippen molar-refractivity contribution in [1.29, 1.82) is 0 Å². The molecule has 0 aromatic heterocycles. The van der Waals surface area contributed by atoms with Gasteiger partial charge in [0.1, 0.15) is 0 Å². The number of carboxylic acids is 1. The summed E-state index contributed by atoms with van der Waals surface area (Å²) in [5, 5.41) is 19.7. The summed E-state index contributed by atoms with van der Waals surface area (Å²) in [5.74, 6) is -1.22. The van der Waals surface area contributed by atoms with E-state index in [-0.39, 0.29) is 24.2 Å². The fourth-order valence-electron chi connectivity index (χ4n) is 3.36. The second-order valence-corrected chi connectivity index (χ2v) is 6.45. The highest BCUT2D eigenvalue weighted by molar-refractivity contribution is 5.78. The quantitative estimate of drug-likeness (QED) is 0.756. The minimum atomic E-state index is -0.909. The monoisotopic (exact) mass is 299 g/mol. The molecule has 5 nitrogen and oxygen atoms in total. The van der Waals surface area contributed by atoms with Gasteiger partial charge in [0, 0.05) is 13.1 Å². The van der Waals surface area contributed by atoms with E-state index in [1.165, 1.54) is 0 Å². The van der Waals surface area contributed by atoms with Gasteiger partial charge in [0.25, 0.3) is 0 Å². The van der Waals surface area contributed by atoms with Crippen LogP contribution >= 0.6 is 0 Å². The zero-order chi connectivity index (χ0) is 16.0. The molecule has 1 aliphatic rings. The molecule has 1 rings (SSSR count). The number of carbonyl (C=O) groups is 2. The highest BCUT2D eigenvalue weighted by Gasteiger charge is 2.36. The lowest BCUT2D eigenvalue weighted by Crippen LogP contribution is -2.47. The lowest BCUT2D eigenvalue weighted by Gasteiger charge is -2.37. The highest BCUT2D eigenvalue weighted by Crippen LogP contribution is 2.28. The van der Waals surface area contributed by atoms with Crippen molar-refractivity contribution in [3.8, 4) is 0 Å². The summed E-state index contributed by atoms with van der Waals surface area (Å²) < 4.78 is 0. The fraction of sp³-hybridized carbons (Fsp3) is 0.875. The second-order valence-electron chi connectivity index (χ2n) is 6.45. The van der Waals surface area contributed by atoms with Gasteiger partial charge in [0.2, 0.25) is 5.91 Å². The maximum absolute atomic E-state index is 12.4. The first-order valence-electron chi connectivity index (χ1n) is 8.06. The summed E-state index contributed by atoms with van der Waals surface area (Å²) in [6.45, 7) is 6.85. The van der Waals surface area contributed by atoms with Crippen LogP contribution in [0.5, 0.6) is 0 Å². The Labute approximate surface area is 127 Å². The summed E-state index contributed by atoms with van der Waals surface area (Å²) in [6, 6.07) is 0. The summed E-state index contributed by atoms with van der Waals surface area (Å²) in [4.78, 5) is 25.2. The molecule has 0 aliphatic carbocycles. The molecule has 0 bridgehead atoms. The van der Waals surface area contributed by atoms with Crippen molar-refractivity contribution < 1.29 is 19.8 Å². The van der Waals surface area contributed by atoms with Gasteiger partial charge >= 0.3 is 5.97 Å². The van der Waals surface area contributed by atoms with E-state index in [2.05, 4.69) is 0 Å². The SMILES string of the molecule is CCCC(O)(CCC)CC(=O)N1CCC(C(=O)O)C(C)C1. The first kappa shape index (κ1) is 18.0. The number of likely N-dealkylation sites (tertiary alicyclic amines) is 1. The lowest BCUT2D eigenvalue weighted by molar-refractivity contribution is -0.150. The molecule has 0 spiro atoms. The van der Waals surface area contributed by atoms with Crippen molar-refractivity contribution in [3.63, 3.8) is 0 Å². The number of piperidine rings is 1. The Morgan fingerprint density at radius 3 is 2.24 bits per heavy atom. The Bertz CT molecular complexity index is 363. The first-order valence-corrected chi connectivity index (χ1v) is 8.06. The molecule has 1 saturated heterocycles. The largest absolute Gasteiger partial charge is 0.481 e. The van der Waals surface area contributed by atoms with Crippen molar-refractivity contribution in [3.05, 3.63) is 0 Å². The predicted molar refractivity (Wildman–Crippen MR) is 80.9 cm³/mol. The van der Waals surface area contributed by atoms with E-state index in [1.807, 2.05) is 20.8 Å². The van der Waals surface area contributed by atoms with Gasteiger partial charge in [-0.15, -0.1) is 0 Å². The van der Waals surface area contributed by atoms with Crippen LogP contribution in [0.4, 0.5) is 0 Å². The van der Waals surface area contributed by atoms with E-state index < -0.39 is 11.6 Å². The maximum Gasteiger partial charge on any atom is 0.306 e. The van der Waals surface area contributed by atoms with Gasteiger partial charge in [-0.3, -0.25) is 9.59 Å². The summed E-state index contributed by atoms with van der Waals surface area (Å²) in [5.41, 5.74) is -0.909. The Kier molecular flexibility index (Phi) is 6.65. The van der Waals surface area contributed by atoms with Crippen LogP contribution in [0.25, 0.3) is 0 Å². The number of aliphatic hydroxyl groups is 1. The summed E-state index contributed by atoms with van der Waals surface area (Å²) in [7, 11) is 0. The van der Waals surface area contributed by atoms with Crippen molar-refractivity contribution in [2.75, 3.05) is 13.1 Å². The lowest BCUT2D eigenvalue weighted by atomic mass is 9.85. The molecule has 1 heterocycles. The molecule has 21 heavy (non-hydrogen) atoms. The maximum atomic E-state index is 12.4. The predicted octanol–water partition coefficient (Wildman–Crippen LogP) is 2.28. The Balaban J connectivity index is 2.61. The average Bonchev–Trinajstić information content (AvgIpc) is 2.38. The number of amides is 1. The van der Waals surface area contributed by atoms with E-state index in [0.717, 1.165) is 12.8 Å². The molecular weight excluding hydrogens is 270 g/mol. The third-order valence-corrected chi connectivity index (χ3v) is 4.49. The molecule has 2 N–H and O–H groups in total. The molecule has 2 unspecified atom stereocenters. The molecule has 0 radical (unpaired) electrons. The number of carbonyl (C=O) groups excluding carboxylic acids is 1. The second kappa shape index (κ2) is 7.78. The van der Waals surface area contributed by atoms with E-state index in [1.54, 1.807) is 4.90 Å². The summed E-state index contributed by atoms with van der Waals surface area (Å²) in [6.07, 6.45) is 3.62. The van der Waals surface area contributed by atoms with Gasteiger partial charge in [-0.05, 0) is 25.2 Å². The number of hydrogen-bond acceptors (Lipinski definition) is 3. The van der Waals surface area contributed by atoms with Crippen LogP contribution in [0, 0.1) is 11.8 Å². The van der Waals surface area contributed by atoms with Gasteiger partial charge in [0.15, 0.2) is 0 Å². The number of carboxylic acid groups (broad SMARTS) is 1. The minimum absolute atomic E-state index is 0.0364. The number of hydrogen-bond donors (Lipinski definition) is 2. The van der Waals surface area contributed by atoms with Crippen molar-refractivity contribution >= 4 is 11.9 Å². The van der Waals surface area contributed by atoms with Crippen LogP contribution in [-0.4, -0.2) is 45.7 Å². The fourth-order valence-corrected chi connectivity index (χ4v) is 3.36. The normalized spacial score (nSPS) is 23.1. The topological polar surface area (TPSA) is 77.8 Å². The first-order chi connectivity index (χ1) is 9.83. The van der Waals surface area contributed by atoms with Crippen LogP contribution in [0.2, 0.25) is 0 Å². The minimum Gasteiger partial charge on any atom is -0.481 e. The van der Waals surface area contributed by atoms with E-state index >= 15 is 0 Å². The van der Waals surface area contributed by atoms with Crippen LogP contribution in [0.3, 0.4) is 0 Å². The molecule has 122 valence electrons. The van der Waals surface area contributed by atoms with Crippen molar-refractivity contribution in [2.24, 2.45) is 11.8 Å². The van der Waals surface area contributed by atoms with Crippen molar-refractivity contribution in [1.82, 2.24) is 4.90 Å². The zero-order valence-corrected chi connectivity index (χ0v) is 13.5. The molecule has 1 aliphatic heterocycles. The molecule has 0 aromatic carbocycles. The molecule has 1 fully saturated rings. The van der Waals surface area contributed by atoms with Gasteiger partial charge in [-0.2, -0.15) is 0 Å². The Morgan fingerprint density at radius 2 is 1.81 bits per heavy atom. The third kappa shape index (κ3) is 4.99. The van der Waals surface area contributed by atoms with Crippen molar-refractivity contribution in [2.45, 2.75) is 64.9 Å². The number of aliphatic carboxylic acids is 1. The van der Waals surface area contributed by atoms with Gasteiger partial charge in [-0.1, -0.05) is 33.6 Å². The molecule has 1 amide bonds. The molecule has 0 saturated carbocycles. The Hall–Kier alpha value is -1.10. The van der Waals surface area contributed by atoms with Gasteiger partial charge in [-0.25, -0.2) is 0 Å². The summed E-state index contributed by atoms with van der Waals surface area (Å²) >= 11 is 0. The smallest absolute Gasteiger partial charge is 0.306 e. The van der Waals surface area contributed by atoms with Gasteiger partial charge in [0.05, 0.1) is 17.9 Å². The standard InChI is InChI=1S/C16H29NO4/c1-4-7-16(21,8-5-2)10-14(18)17-9-6-13(15(19)20)12(3)11-17/h12-13,21H,4-11H2,1-3H3,(H,19,20). The molecular formula is C16H29NO4. The average molecular weight is 299 g/mol. The Morgan fingerprint density at radius 1 is 1.24 bits per heavy atom. The third-order valence-electron chi connectivity index (χ3n) is 4.49. The van der Waals surface area contributed by atoms with E-state index in [9.17, 15) is 14.7 Å². The van der Waals surface area contributed by atoms with Gasteiger partial charge < -0.3 is 15.1 Å². The van der Waals surface area contributed by atoms with Crippen LogP contribution in [0.15, 0.2) is 0 Å². The van der Waals surface area contributed by atoms with Crippen LogP contribution < -0.4 is 0 Å². The van der Waals surface area contributed by atoms with E-state index in [0.29, 0.717) is 32.4 Å². The number of rotatable bonds is 7. The van der Waals surface area contributed by atoms with Crippen LogP contribution in [-0.2, 0) is 9.59 Å². The molecule has 5 heteroatoms. The molecule has 2 atom stereocenters. The van der Waals surface area contributed by atoms with E-state index in [4.69, 9.17) is 5.11 Å². The zero-order valence-electron chi connectivity index (χ0n) is 13.5. The highest BCUT2D eigenvalue weighted by atomic mass is 16.4. The van der Waals surface area contributed by atoms with Crippen LogP contribution in [0.1, 0.15) is 59.3 Å². The molecule has 0 aromatic rings.